The van der Waals surface area contributed by atoms with Crippen LogP contribution >= 0.6 is 0 Å². The molecule has 1 aliphatic heterocycles. The Bertz CT molecular complexity index is 698. The first kappa shape index (κ1) is 16.7. The molecule has 2 aromatic rings. The van der Waals surface area contributed by atoms with Gasteiger partial charge in [-0.25, -0.2) is 9.97 Å². The number of aromatic nitrogens is 2. The molecular weight excluding hydrogens is 307 g/mol. The number of nitrogens with zero attached hydrogens (tertiary/aromatic N) is 2. The van der Waals surface area contributed by atoms with E-state index in [2.05, 4.69) is 16.9 Å². The molecule has 126 valence electrons. The van der Waals surface area contributed by atoms with E-state index in [0.717, 1.165) is 17.7 Å². The Morgan fingerprint density at radius 2 is 2.21 bits per heavy atom. The predicted octanol–water partition coefficient (Wildman–Crippen LogP) is 2.54. The summed E-state index contributed by atoms with van der Waals surface area (Å²) in [5, 5.41) is 9.53. The molecule has 3 rings (SSSR count). The highest BCUT2D eigenvalue weighted by Crippen LogP contribution is 2.32. The number of rotatable bonds is 6. The van der Waals surface area contributed by atoms with Crippen molar-refractivity contribution < 1.29 is 19.2 Å². The third-order valence-electron chi connectivity index (χ3n) is 3.95. The normalized spacial score (nSPS) is 17.1. The molecule has 0 aliphatic carbocycles. The van der Waals surface area contributed by atoms with Gasteiger partial charge in [0, 0.05) is 30.0 Å². The van der Waals surface area contributed by atoms with Gasteiger partial charge in [0.05, 0.1) is 13.7 Å². The lowest BCUT2D eigenvalue weighted by molar-refractivity contribution is 0.291. The van der Waals surface area contributed by atoms with Gasteiger partial charge in [0.2, 0.25) is 0 Å². The number of hydrogen-bond donors (Lipinski definition) is 1. The van der Waals surface area contributed by atoms with Gasteiger partial charge in [-0.1, -0.05) is 6.92 Å². The molecule has 1 aliphatic rings. The highest BCUT2D eigenvalue weighted by molar-refractivity contribution is 6.43. The molecule has 1 aromatic heterocycles. The van der Waals surface area contributed by atoms with Crippen LogP contribution in [-0.2, 0) is 4.65 Å². The molecule has 6 nitrogen and oxygen atoms in total. The lowest BCUT2D eigenvalue weighted by Crippen LogP contribution is -2.08. The lowest BCUT2D eigenvalue weighted by atomic mass is 9.81. The monoisotopic (exact) mass is 328 g/mol. The van der Waals surface area contributed by atoms with Gasteiger partial charge in [0.25, 0.3) is 0 Å². The third kappa shape index (κ3) is 3.68. The molecule has 24 heavy (non-hydrogen) atoms. The molecule has 0 spiro atoms. The summed E-state index contributed by atoms with van der Waals surface area (Å²) >= 11 is 0. The Balaban J connectivity index is 1.88. The topological polar surface area (TPSA) is 73.7 Å². The van der Waals surface area contributed by atoms with E-state index in [1.54, 1.807) is 13.3 Å². The summed E-state index contributed by atoms with van der Waals surface area (Å²) in [7, 11) is 0.916. The summed E-state index contributed by atoms with van der Waals surface area (Å²) in [5.74, 6) is 2.09. The highest BCUT2D eigenvalue weighted by atomic mass is 16.5. The van der Waals surface area contributed by atoms with Crippen molar-refractivity contribution in [2.75, 3.05) is 20.3 Å². The van der Waals surface area contributed by atoms with Crippen LogP contribution in [0.5, 0.6) is 11.5 Å². The lowest BCUT2D eigenvalue weighted by Gasteiger charge is -2.12. The van der Waals surface area contributed by atoms with Crippen LogP contribution in [0.1, 0.15) is 25.0 Å². The fourth-order valence-corrected chi connectivity index (χ4v) is 2.69. The first-order chi connectivity index (χ1) is 11.7. The van der Waals surface area contributed by atoms with Crippen molar-refractivity contribution in [3.63, 3.8) is 0 Å². The first-order valence-electron chi connectivity index (χ1n) is 8.15. The smallest absolute Gasteiger partial charge is 0.454 e. The van der Waals surface area contributed by atoms with Crippen LogP contribution < -0.4 is 9.47 Å². The summed E-state index contributed by atoms with van der Waals surface area (Å²) in [6.07, 6.45) is 3.21. The Morgan fingerprint density at radius 3 is 2.92 bits per heavy atom. The van der Waals surface area contributed by atoms with Crippen LogP contribution in [-0.4, -0.2) is 42.4 Å². The van der Waals surface area contributed by atoms with Gasteiger partial charge in [-0.2, -0.15) is 0 Å². The zero-order chi connectivity index (χ0) is 16.9. The number of benzene rings is 1. The fraction of sp³-hybridized carbons (Fsp3) is 0.412. The number of ether oxygens (including phenoxy) is 2. The highest BCUT2D eigenvalue weighted by Gasteiger charge is 2.30. The Labute approximate surface area is 142 Å². The molecule has 1 fully saturated rings. The average Bonchev–Trinajstić information content (AvgIpc) is 3.06. The molecule has 2 heterocycles. The van der Waals surface area contributed by atoms with Gasteiger partial charge in [-0.15, -0.1) is 0 Å². The Morgan fingerprint density at radius 1 is 1.33 bits per heavy atom. The van der Waals surface area contributed by atoms with Crippen LogP contribution in [0.4, 0.5) is 0 Å². The van der Waals surface area contributed by atoms with E-state index in [1.165, 1.54) is 0 Å². The first-order valence-corrected chi connectivity index (χ1v) is 8.15. The molecule has 0 amide bonds. The van der Waals surface area contributed by atoms with Crippen molar-refractivity contribution in [3.05, 3.63) is 36.2 Å². The molecule has 1 saturated heterocycles. The van der Waals surface area contributed by atoms with E-state index in [1.807, 2.05) is 24.3 Å². The zero-order valence-corrected chi connectivity index (χ0v) is 13.9. The van der Waals surface area contributed by atoms with Crippen LogP contribution in [0.3, 0.4) is 0 Å². The predicted molar refractivity (Wildman–Crippen MR) is 91.3 cm³/mol. The van der Waals surface area contributed by atoms with Gasteiger partial charge in [0.1, 0.15) is 0 Å². The van der Waals surface area contributed by atoms with E-state index in [0.29, 0.717) is 36.9 Å². The SMILES string of the molecule is CCCOc1cc(-c2nccc([C@@H]3COB(O)C3)n2)ccc1OC. The van der Waals surface area contributed by atoms with Gasteiger partial charge in [-0.05, 0) is 37.0 Å². The zero-order valence-electron chi connectivity index (χ0n) is 13.9. The molecular formula is C17H21BN2O4. The Kier molecular flexibility index (Phi) is 5.32. The van der Waals surface area contributed by atoms with Crippen LogP contribution in [0, 0.1) is 0 Å². The summed E-state index contributed by atoms with van der Waals surface area (Å²) in [6.45, 7) is 3.16. The fourth-order valence-electron chi connectivity index (χ4n) is 2.69. The minimum atomic E-state index is -0.705. The Hall–Kier alpha value is -2.12. The molecule has 0 saturated carbocycles. The van der Waals surface area contributed by atoms with Gasteiger partial charge in [0.15, 0.2) is 17.3 Å². The molecule has 1 aromatic carbocycles. The molecule has 0 unspecified atom stereocenters. The van der Waals surface area contributed by atoms with E-state index < -0.39 is 7.12 Å². The minimum absolute atomic E-state index is 0.0933. The summed E-state index contributed by atoms with van der Waals surface area (Å²) in [5.41, 5.74) is 1.74. The van der Waals surface area contributed by atoms with Crippen molar-refractivity contribution >= 4 is 7.12 Å². The van der Waals surface area contributed by atoms with Gasteiger partial charge < -0.3 is 19.2 Å². The van der Waals surface area contributed by atoms with E-state index in [-0.39, 0.29) is 5.92 Å². The summed E-state index contributed by atoms with van der Waals surface area (Å²) in [6, 6.07) is 7.54. The van der Waals surface area contributed by atoms with Crippen molar-refractivity contribution in [1.29, 1.82) is 0 Å². The number of hydrogen-bond acceptors (Lipinski definition) is 6. The second kappa shape index (κ2) is 7.64. The maximum atomic E-state index is 9.53. The maximum Gasteiger partial charge on any atom is 0.454 e. The van der Waals surface area contributed by atoms with Crippen molar-refractivity contribution in [3.8, 4) is 22.9 Å². The number of methoxy groups -OCH3 is 1. The largest absolute Gasteiger partial charge is 0.493 e. The average molecular weight is 328 g/mol. The quantitative estimate of drug-likeness (QED) is 0.822. The molecule has 0 bridgehead atoms. The van der Waals surface area contributed by atoms with E-state index >= 15 is 0 Å². The van der Waals surface area contributed by atoms with Crippen molar-refractivity contribution in [2.24, 2.45) is 0 Å². The minimum Gasteiger partial charge on any atom is -0.493 e. The van der Waals surface area contributed by atoms with E-state index in [4.69, 9.17) is 14.1 Å². The maximum absolute atomic E-state index is 9.53. The molecule has 0 radical (unpaired) electrons. The molecule has 1 N–H and O–H groups in total. The van der Waals surface area contributed by atoms with Gasteiger partial charge >= 0.3 is 7.12 Å². The molecule has 7 heteroatoms. The van der Waals surface area contributed by atoms with Crippen LogP contribution in [0.15, 0.2) is 30.5 Å². The standard InChI is InChI=1S/C17H21BN2O4/c1-3-8-23-16-9-12(4-5-15(16)22-2)17-19-7-6-14(20-17)13-10-18(21)24-11-13/h4-7,9,13,21H,3,8,10-11H2,1-2H3/t13-/m0/s1. The summed E-state index contributed by atoms with van der Waals surface area (Å²) in [4.78, 5) is 9.00. The second-order valence-corrected chi connectivity index (χ2v) is 5.74. The third-order valence-corrected chi connectivity index (χ3v) is 3.95. The summed E-state index contributed by atoms with van der Waals surface area (Å²) < 4.78 is 16.3. The van der Waals surface area contributed by atoms with Crippen molar-refractivity contribution in [2.45, 2.75) is 25.6 Å². The van der Waals surface area contributed by atoms with Crippen LogP contribution in [0.25, 0.3) is 11.4 Å². The van der Waals surface area contributed by atoms with Crippen LogP contribution in [0.2, 0.25) is 6.32 Å². The van der Waals surface area contributed by atoms with Gasteiger partial charge in [-0.3, -0.25) is 0 Å². The second-order valence-electron chi connectivity index (χ2n) is 5.74. The van der Waals surface area contributed by atoms with E-state index in [9.17, 15) is 5.02 Å². The molecule has 1 atom stereocenters. The van der Waals surface area contributed by atoms with Crippen molar-refractivity contribution in [1.82, 2.24) is 9.97 Å².